The second-order valence-corrected chi connectivity index (χ2v) is 1.65. The van der Waals surface area contributed by atoms with Gasteiger partial charge in [0.15, 0.2) is 0 Å². The van der Waals surface area contributed by atoms with Crippen LogP contribution in [0.3, 0.4) is 0 Å². The summed E-state index contributed by atoms with van der Waals surface area (Å²) in [7, 11) is 0. The third-order valence-electron chi connectivity index (χ3n) is 0.500. The molecule has 0 aliphatic heterocycles. The fourth-order valence-electron chi connectivity index (χ4n) is 0. The molecule has 0 amide bonds. The van der Waals surface area contributed by atoms with Crippen LogP contribution in [-0.4, -0.2) is 13.3 Å². The molecule has 0 bridgehead atoms. The van der Waals surface area contributed by atoms with E-state index in [2.05, 4.69) is 13.8 Å². The van der Waals surface area contributed by atoms with E-state index in [1.807, 2.05) is 0 Å². The van der Waals surface area contributed by atoms with Gasteiger partial charge in [-0.05, 0) is 0 Å². The zero-order valence-corrected chi connectivity index (χ0v) is 6.90. The van der Waals surface area contributed by atoms with Gasteiger partial charge in [-0.3, -0.25) is 0 Å². The van der Waals surface area contributed by atoms with Crippen molar-refractivity contribution in [1.29, 1.82) is 0 Å². The molecule has 0 radical (unpaired) electrons. The zero-order valence-electron chi connectivity index (χ0n) is 6.09. The van der Waals surface area contributed by atoms with E-state index >= 15 is 0 Å². The standard InChI is InChI=1S/C4H10.Li.H2O3S/c1-3-4-2;;1-4(2)3/h3-4H2,1-2H3;;(H2,1,2,3)/q;+1;/p-1. The molecule has 52 valence electrons. The largest absolute Gasteiger partial charge is 1.00 e. The molecule has 1 atom stereocenters. The van der Waals surface area contributed by atoms with E-state index in [4.69, 9.17) is 13.3 Å². The van der Waals surface area contributed by atoms with Gasteiger partial charge in [-0.25, -0.2) is 4.21 Å². The number of hydrogen-bond donors (Lipinski definition) is 1. The Labute approximate surface area is 70.5 Å². The van der Waals surface area contributed by atoms with Gasteiger partial charge in [-0.15, -0.1) is 0 Å². The molecule has 0 fully saturated rings. The zero-order chi connectivity index (χ0) is 6.99. The Morgan fingerprint density at radius 2 is 1.56 bits per heavy atom. The van der Waals surface area contributed by atoms with Gasteiger partial charge in [0.25, 0.3) is 0 Å². The number of hydrogen-bond acceptors (Lipinski definition) is 2. The molecule has 9 heavy (non-hydrogen) atoms. The monoisotopic (exact) mass is 146 g/mol. The maximum absolute atomic E-state index is 8.56. The normalized spacial score (nSPS) is 10.2. The first-order valence-electron chi connectivity index (χ1n) is 2.43. The van der Waals surface area contributed by atoms with E-state index in [9.17, 15) is 0 Å². The summed E-state index contributed by atoms with van der Waals surface area (Å²) in [5.41, 5.74) is 0. The van der Waals surface area contributed by atoms with E-state index in [1.165, 1.54) is 12.8 Å². The fraction of sp³-hybridized carbons (Fsp3) is 1.00. The first-order valence-corrected chi connectivity index (χ1v) is 3.46. The summed E-state index contributed by atoms with van der Waals surface area (Å²) in [4.78, 5) is 0. The van der Waals surface area contributed by atoms with Crippen LogP contribution < -0.4 is 18.9 Å². The van der Waals surface area contributed by atoms with E-state index in [-0.39, 0.29) is 18.9 Å². The van der Waals surface area contributed by atoms with Crippen molar-refractivity contribution in [3.8, 4) is 0 Å². The number of rotatable bonds is 1. The van der Waals surface area contributed by atoms with Crippen molar-refractivity contribution in [3.05, 3.63) is 0 Å². The van der Waals surface area contributed by atoms with Gasteiger partial charge in [0, 0.05) is 0 Å². The van der Waals surface area contributed by atoms with Gasteiger partial charge in [-0.1, -0.05) is 26.7 Å². The van der Waals surface area contributed by atoms with E-state index < -0.39 is 11.4 Å². The molecule has 0 aromatic rings. The van der Waals surface area contributed by atoms with Gasteiger partial charge in [-0.2, -0.15) is 0 Å². The average Bonchev–Trinajstić information content (AvgIpc) is 1.65. The van der Waals surface area contributed by atoms with E-state index in [0.717, 1.165) is 0 Å². The van der Waals surface area contributed by atoms with Crippen LogP contribution >= 0.6 is 0 Å². The van der Waals surface area contributed by atoms with Crippen LogP contribution in [0.25, 0.3) is 0 Å². The molecule has 1 N–H and O–H groups in total. The van der Waals surface area contributed by atoms with Crippen LogP contribution in [0.4, 0.5) is 0 Å². The topological polar surface area (TPSA) is 60.4 Å². The van der Waals surface area contributed by atoms with Crippen molar-refractivity contribution < 1.29 is 32.2 Å². The molecule has 0 spiro atoms. The summed E-state index contributed by atoms with van der Waals surface area (Å²) < 4.78 is 24.1. The van der Waals surface area contributed by atoms with Crippen molar-refractivity contribution in [1.82, 2.24) is 0 Å². The van der Waals surface area contributed by atoms with Crippen LogP contribution in [0.2, 0.25) is 0 Å². The Balaban J connectivity index is -0.0000000720. The summed E-state index contributed by atoms with van der Waals surface area (Å²) in [6.45, 7) is 4.36. The SMILES string of the molecule is CCCC.O=S([O-])O.[Li+]. The second-order valence-electron chi connectivity index (χ2n) is 1.22. The summed E-state index contributed by atoms with van der Waals surface area (Å²) >= 11 is -2.86. The molecule has 0 aliphatic carbocycles. The van der Waals surface area contributed by atoms with E-state index in [0.29, 0.717) is 0 Å². The van der Waals surface area contributed by atoms with Gasteiger partial charge >= 0.3 is 18.9 Å². The predicted molar refractivity (Wildman–Crippen MR) is 32.1 cm³/mol. The van der Waals surface area contributed by atoms with Crippen LogP contribution in [0.1, 0.15) is 26.7 Å². The minimum atomic E-state index is -2.86. The molecule has 3 nitrogen and oxygen atoms in total. The Hall–Kier alpha value is 0.667. The van der Waals surface area contributed by atoms with E-state index in [1.54, 1.807) is 0 Å². The fourth-order valence-corrected chi connectivity index (χ4v) is 0. The number of unbranched alkanes of at least 4 members (excludes halogenated alkanes) is 1. The predicted octanol–water partition coefficient (Wildman–Crippen LogP) is -1.85. The summed E-state index contributed by atoms with van der Waals surface area (Å²) in [5, 5.41) is 0. The maximum atomic E-state index is 8.56. The first-order chi connectivity index (χ1) is 3.65. The third kappa shape index (κ3) is 139. The van der Waals surface area contributed by atoms with Crippen LogP contribution in [0, 0.1) is 0 Å². The van der Waals surface area contributed by atoms with Gasteiger partial charge in [0.1, 0.15) is 0 Å². The Morgan fingerprint density at radius 1 is 1.44 bits per heavy atom. The third-order valence-corrected chi connectivity index (χ3v) is 0.500. The molecule has 0 heterocycles. The molecule has 0 aromatic heterocycles. The van der Waals surface area contributed by atoms with Crippen LogP contribution in [-0.2, 0) is 11.4 Å². The molecule has 0 saturated heterocycles. The Bertz CT molecular complexity index is 53.8. The van der Waals surface area contributed by atoms with Crippen LogP contribution in [0.5, 0.6) is 0 Å². The molecule has 0 aromatic carbocycles. The van der Waals surface area contributed by atoms with Gasteiger partial charge in [0.05, 0.1) is 11.4 Å². The molecule has 1 unspecified atom stereocenters. The van der Waals surface area contributed by atoms with Crippen molar-refractivity contribution in [2.45, 2.75) is 26.7 Å². The van der Waals surface area contributed by atoms with Crippen molar-refractivity contribution in [3.63, 3.8) is 0 Å². The Morgan fingerprint density at radius 3 is 1.56 bits per heavy atom. The summed E-state index contributed by atoms with van der Waals surface area (Å²) in [6, 6.07) is 0. The molecule has 0 saturated carbocycles. The second kappa shape index (κ2) is 15.9. The summed E-state index contributed by atoms with van der Waals surface area (Å²) in [6.07, 6.45) is 2.64. The summed E-state index contributed by atoms with van der Waals surface area (Å²) in [5.74, 6) is 0. The van der Waals surface area contributed by atoms with Crippen LogP contribution in [0.15, 0.2) is 0 Å². The van der Waals surface area contributed by atoms with Gasteiger partial charge < -0.3 is 9.11 Å². The van der Waals surface area contributed by atoms with Crippen molar-refractivity contribution in [2.24, 2.45) is 0 Å². The van der Waals surface area contributed by atoms with Crippen molar-refractivity contribution >= 4 is 11.4 Å². The first kappa shape index (κ1) is 16.3. The molecular weight excluding hydrogens is 135 g/mol. The minimum Gasteiger partial charge on any atom is -0.750 e. The molecular formula is C4H11LiO3S. The maximum Gasteiger partial charge on any atom is 1.00 e. The van der Waals surface area contributed by atoms with Gasteiger partial charge in [0.2, 0.25) is 0 Å². The molecule has 5 heteroatoms. The molecule has 0 rings (SSSR count). The quantitative estimate of drug-likeness (QED) is 0.349. The Kier molecular flexibility index (Phi) is 28.8. The van der Waals surface area contributed by atoms with Crippen molar-refractivity contribution in [2.75, 3.05) is 0 Å². The average molecular weight is 146 g/mol. The molecule has 0 aliphatic rings. The smallest absolute Gasteiger partial charge is 0.750 e. The minimum absolute atomic E-state index is 0.